The maximum Gasteiger partial charge on any atom is 0.0195 e. The number of hydrogen-bond donors (Lipinski definition) is 1. The molecule has 0 amide bonds. The van der Waals surface area contributed by atoms with Crippen LogP contribution in [0, 0.1) is 0 Å². The smallest absolute Gasteiger partial charge is 0.0195 e. The van der Waals surface area contributed by atoms with Crippen molar-refractivity contribution in [3.63, 3.8) is 0 Å². The number of hydrogen-bond acceptors (Lipinski definition) is 2. The summed E-state index contributed by atoms with van der Waals surface area (Å²) in [6.07, 6.45) is 3.84. The molecule has 0 saturated carbocycles. The molecule has 2 rings (SSSR count). The van der Waals surface area contributed by atoms with Crippen molar-refractivity contribution >= 4 is 0 Å². The third kappa shape index (κ3) is 3.62. The lowest BCUT2D eigenvalue weighted by Gasteiger charge is -2.20. The molecule has 0 aromatic heterocycles. The number of benzene rings is 1. The fourth-order valence-corrected chi connectivity index (χ4v) is 2.34. The van der Waals surface area contributed by atoms with Gasteiger partial charge in [-0.05, 0) is 38.4 Å². The Morgan fingerprint density at radius 1 is 1.31 bits per heavy atom. The molecule has 2 nitrogen and oxygen atoms in total. The van der Waals surface area contributed by atoms with E-state index in [4.69, 9.17) is 0 Å². The SMILES string of the molecule is CN(CCc1ccccc1)C[C@H]1CCCN1. The van der Waals surface area contributed by atoms with Gasteiger partial charge in [0.05, 0.1) is 0 Å². The molecule has 0 radical (unpaired) electrons. The van der Waals surface area contributed by atoms with Gasteiger partial charge in [0, 0.05) is 19.1 Å². The van der Waals surface area contributed by atoms with Crippen molar-refractivity contribution in [3.05, 3.63) is 35.9 Å². The van der Waals surface area contributed by atoms with E-state index in [0.717, 1.165) is 19.0 Å². The van der Waals surface area contributed by atoms with E-state index in [9.17, 15) is 0 Å². The van der Waals surface area contributed by atoms with Gasteiger partial charge in [-0.1, -0.05) is 30.3 Å². The van der Waals surface area contributed by atoms with E-state index in [1.165, 1.54) is 31.5 Å². The molecule has 1 saturated heterocycles. The monoisotopic (exact) mass is 218 g/mol. The Balaban J connectivity index is 1.69. The van der Waals surface area contributed by atoms with Crippen LogP contribution in [-0.2, 0) is 6.42 Å². The minimum absolute atomic E-state index is 0.723. The lowest BCUT2D eigenvalue weighted by molar-refractivity contribution is 0.304. The molecule has 1 fully saturated rings. The molecule has 1 atom stereocenters. The molecule has 1 aliphatic rings. The first-order valence-corrected chi connectivity index (χ1v) is 6.30. The third-order valence-electron chi connectivity index (χ3n) is 3.32. The van der Waals surface area contributed by atoms with Crippen molar-refractivity contribution in [2.24, 2.45) is 0 Å². The van der Waals surface area contributed by atoms with Crippen LogP contribution < -0.4 is 5.32 Å². The van der Waals surface area contributed by atoms with Crippen LogP contribution in [0.25, 0.3) is 0 Å². The van der Waals surface area contributed by atoms with Gasteiger partial charge in [-0.15, -0.1) is 0 Å². The standard InChI is InChI=1S/C14H22N2/c1-16(12-14-8-5-10-15-14)11-9-13-6-3-2-4-7-13/h2-4,6-7,14-15H,5,8-12H2,1H3/t14-/m1/s1. The second-order valence-electron chi connectivity index (χ2n) is 4.79. The summed E-state index contributed by atoms with van der Waals surface area (Å²) in [5.41, 5.74) is 1.44. The van der Waals surface area contributed by atoms with E-state index in [1.54, 1.807) is 0 Å². The summed E-state index contributed by atoms with van der Waals surface area (Å²) < 4.78 is 0. The van der Waals surface area contributed by atoms with Gasteiger partial charge >= 0.3 is 0 Å². The van der Waals surface area contributed by atoms with E-state index in [1.807, 2.05) is 0 Å². The lowest BCUT2D eigenvalue weighted by atomic mass is 10.1. The van der Waals surface area contributed by atoms with Crippen molar-refractivity contribution < 1.29 is 0 Å². The second kappa shape index (κ2) is 6.02. The second-order valence-corrected chi connectivity index (χ2v) is 4.79. The largest absolute Gasteiger partial charge is 0.313 e. The summed E-state index contributed by atoms with van der Waals surface area (Å²) >= 11 is 0. The van der Waals surface area contributed by atoms with Crippen molar-refractivity contribution in [2.75, 3.05) is 26.7 Å². The highest BCUT2D eigenvalue weighted by Crippen LogP contribution is 2.07. The van der Waals surface area contributed by atoms with E-state index < -0.39 is 0 Å². The van der Waals surface area contributed by atoms with E-state index >= 15 is 0 Å². The number of nitrogens with one attached hydrogen (secondary N) is 1. The zero-order valence-corrected chi connectivity index (χ0v) is 10.2. The summed E-state index contributed by atoms with van der Waals surface area (Å²) in [6.45, 7) is 3.55. The van der Waals surface area contributed by atoms with Gasteiger partial charge in [-0.3, -0.25) is 0 Å². The molecule has 0 spiro atoms. The van der Waals surface area contributed by atoms with Gasteiger partial charge in [0.2, 0.25) is 0 Å². The molecule has 1 aromatic carbocycles. The molecule has 1 aliphatic heterocycles. The van der Waals surface area contributed by atoms with Crippen molar-refractivity contribution in [2.45, 2.75) is 25.3 Å². The Morgan fingerprint density at radius 2 is 2.12 bits per heavy atom. The Bertz CT molecular complexity index is 291. The first-order valence-electron chi connectivity index (χ1n) is 6.30. The lowest BCUT2D eigenvalue weighted by Crippen LogP contribution is -2.36. The predicted octanol–water partition coefficient (Wildman–Crippen LogP) is 1.91. The van der Waals surface area contributed by atoms with Crippen LogP contribution in [0.3, 0.4) is 0 Å². The highest BCUT2D eigenvalue weighted by Gasteiger charge is 2.15. The number of nitrogens with zero attached hydrogens (tertiary/aromatic N) is 1. The average molecular weight is 218 g/mol. The summed E-state index contributed by atoms with van der Waals surface area (Å²) in [6, 6.07) is 11.5. The van der Waals surface area contributed by atoms with Crippen LogP contribution in [0.1, 0.15) is 18.4 Å². The molecule has 1 heterocycles. The van der Waals surface area contributed by atoms with Gasteiger partial charge in [-0.25, -0.2) is 0 Å². The summed E-state index contributed by atoms with van der Waals surface area (Å²) in [5.74, 6) is 0. The Hall–Kier alpha value is -0.860. The molecular weight excluding hydrogens is 196 g/mol. The highest BCUT2D eigenvalue weighted by atomic mass is 15.1. The molecule has 1 N–H and O–H groups in total. The van der Waals surface area contributed by atoms with Crippen LogP contribution in [0.15, 0.2) is 30.3 Å². The topological polar surface area (TPSA) is 15.3 Å². The highest BCUT2D eigenvalue weighted by molar-refractivity contribution is 5.14. The summed E-state index contributed by atoms with van der Waals surface area (Å²) in [4.78, 5) is 2.44. The minimum Gasteiger partial charge on any atom is -0.313 e. The molecule has 2 heteroatoms. The predicted molar refractivity (Wildman–Crippen MR) is 68.7 cm³/mol. The van der Waals surface area contributed by atoms with Crippen LogP contribution in [-0.4, -0.2) is 37.6 Å². The summed E-state index contributed by atoms with van der Waals surface area (Å²) in [7, 11) is 2.23. The zero-order chi connectivity index (χ0) is 11.2. The van der Waals surface area contributed by atoms with Gasteiger partial charge < -0.3 is 10.2 Å². The van der Waals surface area contributed by atoms with E-state index in [0.29, 0.717) is 0 Å². The molecule has 0 bridgehead atoms. The Labute approximate surface area is 98.7 Å². The molecule has 88 valence electrons. The van der Waals surface area contributed by atoms with Crippen LogP contribution in [0.2, 0.25) is 0 Å². The minimum atomic E-state index is 0.723. The summed E-state index contributed by atoms with van der Waals surface area (Å²) in [5, 5.41) is 3.54. The van der Waals surface area contributed by atoms with Gasteiger partial charge in [0.25, 0.3) is 0 Å². The Morgan fingerprint density at radius 3 is 2.81 bits per heavy atom. The first kappa shape index (κ1) is 11.6. The number of rotatable bonds is 5. The van der Waals surface area contributed by atoms with Crippen LogP contribution in [0.5, 0.6) is 0 Å². The maximum atomic E-state index is 3.54. The molecular formula is C14H22N2. The van der Waals surface area contributed by atoms with E-state index in [-0.39, 0.29) is 0 Å². The van der Waals surface area contributed by atoms with Crippen LogP contribution in [0.4, 0.5) is 0 Å². The third-order valence-corrected chi connectivity index (χ3v) is 3.32. The van der Waals surface area contributed by atoms with Crippen molar-refractivity contribution in [1.82, 2.24) is 10.2 Å². The number of likely N-dealkylation sites (N-methyl/N-ethyl adjacent to an activating group) is 1. The molecule has 0 aliphatic carbocycles. The van der Waals surface area contributed by atoms with Gasteiger partial charge in [-0.2, -0.15) is 0 Å². The molecule has 1 aromatic rings. The van der Waals surface area contributed by atoms with Gasteiger partial charge in [0.1, 0.15) is 0 Å². The van der Waals surface area contributed by atoms with Crippen LogP contribution >= 0.6 is 0 Å². The zero-order valence-electron chi connectivity index (χ0n) is 10.2. The molecule has 16 heavy (non-hydrogen) atoms. The first-order chi connectivity index (χ1) is 7.84. The molecule has 0 unspecified atom stereocenters. The van der Waals surface area contributed by atoms with Crippen molar-refractivity contribution in [1.29, 1.82) is 0 Å². The van der Waals surface area contributed by atoms with Crippen molar-refractivity contribution in [3.8, 4) is 0 Å². The quantitative estimate of drug-likeness (QED) is 0.812. The fourth-order valence-electron chi connectivity index (χ4n) is 2.34. The maximum absolute atomic E-state index is 3.54. The van der Waals surface area contributed by atoms with E-state index in [2.05, 4.69) is 47.6 Å². The Kier molecular flexibility index (Phi) is 4.37. The average Bonchev–Trinajstić information content (AvgIpc) is 2.81. The normalized spacial score (nSPS) is 20.5. The van der Waals surface area contributed by atoms with Gasteiger partial charge in [0.15, 0.2) is 0 Å². The fraction of sp³-hybridized carbons (Fsp3) is 0.571.